The van der Waals surface area contributed by atoms with Gasteiger partial charge >= 0.3 is 0 Å². The number of carbonyl (C=O) groups excluding carboxylic acids is 2. The van der Waals surface area contributed by atoms with Gasteiger partial charge in [0.05, 0.1) is 10.7 Å². The van der Waals surface area contributed by atoms with Gasteiger partial charge in [0, 0.05) is 42.3 Å². The molecule has 2 amide bonds. The molecule has 0 atom stereocenters. The van der Waals surface area contributed by atoms with E-state index in [1.54, 1.807) is 18.2 Å². The Morgan fingerprint density at radius 1 is 1.10 bits per heavy atom. The number of rotatable bonds is 6. The van der Waals surface area contributed by atoms with Crippen molar-refractivity contribution < 1.29 is 14.3 Å². The molecule has 6 nitrogen and oxygen atoms in total. The number of hydrogen-bond donors (Lipinski definition) is 1. The Bertz CT molecular complexity index is 897. The first-order valence-corrected chi connectivity index (χ1v) is 11.0. The molecule has 1 fully saturated rings. The van der Waals surface area contributed by atoms with Crippen LogP contribution in [0.3, 0.4) is 0 Å². The number of amides is 2. The van der Waals surface area contributed by atoms with Crippen LogP contribution in [0.1, 0.15) is 13.8 Å². The summed E-state index contributed by atoms with van der Waals surface area (Å²) < 4.78 is 6.43. The van der Waals surface area contributed by atoms with E-state index in [1.807, 2.05) is 43.0 Å². The second-order valence-corrected chi connectivity index (χ2v) is 8.75. The number of benzene rings is 2. The summed E-state index contributed by atoms with van der Waals surface area (Å²) in [6.45, 7) is 6.56. The Labute approximate surface area is 190 Å². The van der Waals surface area contributed by atoms with Crippen molar-refractivity contribution in [1.29, 1.82) is 0 Å². The average Bonchev–Trinajstić information content (AvgIpc) is 2.73. The fourth-order valence-electron chi connectivity index (χ4n) is 3.25. The molecule has 0 aromatic heterocycles. The lowest BCUT2D eigenvalue weighted by atomic mass is 10.1. The summed E-state index contributed by atoms with van der Waals surface area (Å²) in [6, 6.07) is 12.7. The lowest BCUT2D eigenvalue weighted by Crippen LogP contribution is -2.50. The van der Waals surface area contributed by atoms with E-state index in [9.17, 15) is 9.59 Å². The molecule has 1 saturated heterocycles. The van der Waals surface area contributed by atoms with Crippen molar-refractivity contribution >= 4 is 50.7 Å². The van der Waals surface area contributed by atoms with Crippen LogP contribution in [0.4, 0.5) is 11.4 Å². The predicted molar refractivity (Wildman–Crippen MR) is 123 cm³/mol. The van der Waals surface area contributed by atoms with E-state index < -0.39 is 0 Å². The van der Waals surface area contributed by atoms with Crippen LogP contribution in [-0.4, -0.2) is 49.5 Å². The molecule has 0 spiro atoms. The van der Waals surface area contributed by atoms with Crippen molar-refractivity contribution in [2.24, 2.45) is 5.92 Å². The maximum Gasteiger partial charge on any atom is 0.262 e. The molecule has 160 valence electrons. The molecule has 3 rings (SSSR count). The van der Waals surface area contributed by atoms with Crippen molar-refractivity contribution in [2.45, 2.75) is 13.8 Å². The molecule has 1 N–H and O–H groups in total. The molecule has 0 unspecified atom stereocenters. The van der Waals surface area contributed by atoms with Gasteiger partial charge < -0.3 is 19.9 Å². The van der Waals surface area contributed by atoms with Crippen LogP contribution < -0.4 is 15.0 Å². The molecule has 8 heteroatoms. The summed E-state index contributed by atoms with van der Waals surface area (Å²) in [6.07, 6.45) is 0. The number of nitrogens with zero attached hydrogens (tertiary/aromatic N) is 2. The fraction of sp³-hybridized carbons (Fsp3) is 0.364. The third kappa shape index (κ3) is 5.89. The van der Waals surface area contributed by atoms with Gasteiger partial charge in [-0.3, -0.25) is 9.59 Å². The molecule has 0 aliphatic carbocycles. The van der Waals surface area contributed by atoms with Gasteiger partial charge in [-0.05, 0) is 42.5 Å². The lowest BCUT2D eigenvalue weighted by Gasteiger charge is -2.37. The first-order chi connectivity index (χ1) is 14.3. The van der Waals surface area contributed by atoms with Crippen molar-refractivity contribution in [2.75, 3.05) is 43.0 Å². The normalized spacial score (nSPS) is 14.0. The van der Waals surface area contributed by atoms with Gasteiger partial charge in [0.1, 0.15) is 5.75 Å². The molecule has 1 aliphatic rings. The number of anilines is 2. The number of halogens is 2. The van der Waals surface area contributed by atoms with Crippen LogP contribution in [0.2, 0.25) is 5.02 Å². The van der Waals surface area contributed by atoms with Gasteiger partial charge in [0.2, 0.25) is 5.91 Å². The highest BCUT2D eigenvalue weighted by Crippen LogP contribution is 2.30. The monoisotopic (exact) mass is 493 g/mol. The molecular weight excluding hydrogens is 470 g/mol. The average molecular weight is 495 g/mol. The topological polar surface area (TPSA) is 61.9 Å². The minimum absolute atomic E-state index is 0.00998. The van der Waals surface area contributed by atoms with Crippen LogP contribution in [0, 0.1) is 5.92 Å². The first-order valence-electron chi connectivity index (χ1n) is 9.85. The van der Waals surface area contributed by atoms with E-state index in [1.165, 1.54) is 0 Å². The minimum atomic E-state index is -0.262. The van der Waals surface area contributed by atoms with Gasteiger partial charge in [-0.15, -0.1) is 0 Å². The number of piperazine rings is 1. The predicted octanol–water partition coefficient (Wildman–Crippen LogP) is 4.42. The van der Waals surface area contributed by atoms with Gasteiger partial charge in [-0.25, -0.2) is 0 Å². The first kappa shape index (κ1) is 22.4. The van der Waals surface area contributed by atoms with Crippen molar-refractivity contribution in [1.82, 2.24) is 4.90 Å². The highest BCUT2D eigenvalue weighted by molar-refractivity contribution is 9.10. The van der Waals surface area contributed by atoms with Crippen molar-refractivity contribution in [3.63, 3.8) is 0 Å². The zero-order valence-corrected chi connectivity index (χ0v) is 19.4. The zero-order chi connectivity index (χ0) is 21.7. The van der Waals surface area contributed by atoms with Crippen molar-refractivity contribution in [3.8, 4) is 5.75 Å². The molecule has 1 aliphatic heterocycles. The van der Waals surface area contributed by atoms with E-state index in [4.69, 9.17) is 16.3 Å². The van der Waals surface area contributed by atoms with Gasteiger partial charge in [-0.1, -0.05) is 41.4 Å². The van der Waals surface area contributed by atoms with E-state index in [2.05, 4.69) is 26.1 Å². The molecule has 0 radical (unpaired) electrons. The summed E-state index contributed by atoms with van der Waals surface area (Å²) >= 11 is 9.83. The number of carbonyl (C=O) groups is 2. The van der Waals surface area contributed by atoms with Crippen LogP contribution in [0.5, 0.6) is 5.75 Å². The summed E-state index contributed by atoms with van der Waals surface area (Å²) in [5, 5.41) is 3.36. The van der Waals surface area contributed by atoms with Crippen LogP contribution in [0.25, 0.3) is 0 Å². The minimum Gasteiger partial charge on any atom is -0.484 e. The largest absolute Gasteiger partial charge is 0.484 e. The Morgan fingerprint density at radius 3 is 2.37 bits per heavy atom. The van der Waals surface area contributed by atoms with E-state index >= 15 is 0 Å². The molecule has 0 bridgehead atoms. The lowest BCUT2D eigenvalue weighted by molar-refractivity contribution is -0.134. The van der Waals surface area contributed by atoms with Gasteiger partial charge in [-0.2, -0.15) is 0 Å². The maximum atomic E-state index is 12.2. The Hall–Kier alpha value is -2.25. The van der Waals surface area contributed by atoms with Gasteiger partial charge in [0.15, 0.2) is 6.61 Å². The van der Waals surface area contributed by atoms with E-state index in [-0.39, 0.29) is 24.3 Å². The van der Waals surface area contributed by atoms with Crippen LogP contribution in [-0.2, 0) is 9.59 Å². The SMILES string of the molecule is CC(C)C(=O)N1CCN(c2ccc(NC(=O)COc3ccc(Br)cc3)cc2Cl)CC1. The number of ether oxygens (including phenoxy) is 1. The number of hydrogen-bond acceptors (Lipinski definition) is 4. The maximum absolute atomic E-state index is 12.2. The quantitative estimate of drug-likeness (QED) is 0.646. The third-order valence-corrected chi connectivity index (χ3v) is 5.67. The zero-order valence-electron chi connectivity index (χ0n) is 17.0. The van der Waals surface area contributed by atoms with E-state index in [0.717, 1.165) is 23.2 Å². The number of nitrogens with one attached hydrogen (secondary N) is 1. The molecule has 30 heavy (non-hydrogen) atoms. The smallest absolute Gasteiger partial charge is 0.262 e. The molecule has 2 aromatic carbocycles. The van der Waals surface area contributed by atoms with Gasteiger partial charge in [0.25, 0.3) is 5.91 Å². The third-order valence-electron chi connectivity index (χ3n) is 4.84. The molecule has 2 aromatic rings. The summed E-state index contributed by atoms with van der Waals surface area (Å²) in [4.78, 5) is 28.4. The fourth-order valence-corrected chi connectivity index (χ4v) is 3.82. The molecule has 0 saturated carbocycles. The highest BCUT2D eigenvalue weighted by Gasteiger charge is 2.24. The summed E-state index contributed by atoms with van der Waals surface area (Å²) in [7, 11) is 0. The molecule has 1 heterocycles. The molecular formula is C22H25BrClN3O3. The Balaban J connectivity index is 1.53. The van der Waals surface area contributed by atoms with Crippen LogP contribution in [0.15, 0.2) is 46.9 Å². The summed E-state index contributed by atoms with van der Waals surface area (Å²) in [5.74, 6) is 0.555. The van der Waals surface area contributed by atoms with Crippen LogP contribution >= 0.6 is 27.5 Å². The van der Waals surface area contributed by atoms with Crippen molar-refractivity contribution in [3.05, 3.63) is 52.0 Å². The Morgan fingerprint density at radius 2 is 1.77 bits per heavy atom. The summed E-state index contributed by atoms with van der Waals surface area (Å²) in [5.41, 5.74) is 1.51. The standard InChI is InChI=1S/C22H25BrClN3O3/c1-15(2)22(29)27-11-9-26(10-12-27)20-8-5-17(13-19(20)24)25-21(28)14-30-18-6-3-16(23)4-7-18/h3-8,13,15H,9-12,14H2,1-2H3,(H,25,28). The second-order valence-electron chi connectivity index (χ2n) is 7.42. The highest BCUT2D eigenvalue weighted by atomic mass is 79.9. The van der Waals surface area contributed by atoms with E-state index in [0.29, 0.717) is 29.5 Å². The Kier molecular flexibility index (Phi) is 7.61. The second kappa shape index (κ2) is 10.2.